The highest BCUT2D eigenvalue weighted by Crippen LogP contribution is 2.37. The molecule has 1 fully saturated rings. The SMILES string of the molecule is CN1CCC(Nc2cccc(C(=O)N[C@@H]3CCOc4ccc(OCCCCCCOCCOCCOCCCCCC(=O)O)cc43)c2)(c2nnc(-c3ccncc3)[nH]2)CC1. The lowest BCUT2D eigenvalue weighted by molar-refractivity contribution is -0.137. The minimum Gasteiger partial charge on any atom is -0.494 e. The van der Waals surface area contributed by atoms with Gasteiger partial charge in [0.25, 0.3) is 5.91 Å². The number of rotatable bonds is 26. The average molecular weight is 828 g/mol. The van der Waals surface area contributed by atoms with E-state index in [1.807, 2.05) is 54.6 Å². The van der Waals surface area contributed by atoms with Crippen LogP contribution in [0.1, 0.15) is 98.4 Å². The van der Waals surface area contributed by atoms with Crippen LogP contribution in [0.3, 0.4) is 0 Å². The van der Waals surface area contributed by atoms with Gasteiger partial charge >= 0.3 is 5.97 Å². The first-order chi connectivity index (χ1) is 29.4. The largest absolute Gasteiger partial charge is 0.494 e. The zero-order chi connectivity index (χ0) is 41.8. The fraction of sp³-hybridized carbons (Fsp3) is 0.533. The molecule has 60 heavy (non-hydrogen) atoms. The number of nitrogens with zero attached hydrogens (tertiary/aromatic N) is 4. The van der Waals surface area contributed by atoms with Crippen molar-refractivity contribution in [1.82, 2.24) is 30.4 Å². The number of carboxylic acid groups (broad SMARTS) is 1. The molecule has 4 N–H and O–H groups in total. The molecule has 0 unspecified atom stereocenters. The Labute approximate surface area is 352 Å². The van der Waals surface area contributed by atoms with Crippen molar-refractivity contribution in [3.63, 3.8) is 0 Å². The summed E-state index contributed by atoms with van der Waals surface area (Å²) in [7, 11) is 2.13. The van der Waals surface area contributed by atoms with Crippen molar-refractivity contribution in [3.05, 3.63) is 83.9 Å². The lowest BCUT2D eigenvalue weighted by Gasteiger charge is -2.40. The van der Waals surface area contributed by atoms with E-state index in [-0.39, 0.29) is 18.4 Å². The van der Waals surface area contributed by atoms with Crippen LogP contribution in [-0.4, -0.2) is 115 Å². The highest BCUT2D eigenvalue weighted by molar-refractivity contribution is 5.95. The number of likely N-dealkylation sites (tertiary alicyclic amines) is 1. The molecular formula is C45H61N7O8. The minimum atomic E-state index is -0.748. The van der Waals surface area contributed by atoms with Crippen LogP contribution in [0.2, 0.25) is 0 Å². The van der Waals surface area contributed by atoms with E-state index < -0.39 is 11.5 Å². The van der Waals surface area contributed by atoms with Gasteiger partial charge in [-0.2, -0.15) is 0 Å². The molecule has 6 rings (SSSR count). The number of anilines is 1. The molecule has 2 aliphatic rings. The van der Waals surface area contributed by atoms with Crippen molar-refractivity contribution in [1.29, 1.82) is 0 Å². The lowest BCUT2D eigenvalue weighted by atomic mass is 9.86. The molecule has 1 atom stereocenters. The minimum absolute atomic E-state index is 0.152. The first-order valence-corrected chi connectivity index (χ1v) is 21.4. The second-order valence-corrected chi connectivity index (χ2v) is 15.5. The Morgan fingerprint density at radius 2 is 1.55 bits per heavy atom. The molecule has 0 bridgehead atoms. The number of benzene rings is 2. The van der Waals surface area contributed by atoms with Gasteiger partial charge in [-0.15, -0.1) is 10.2 Å². The molecule has 4 heterocycles. The second-order valence-electron chi connectivity index (χ2n) is 15.5. The molecule has 2 aromatic carbocycles. The topological polar surface area (TPSA) is 182 Å². The predicted molar refractivity (Wildman–Crippen MR) is 227 cm³/mol. The third-order valence-corrected chi connectivity index (χ3v) is 10.9. The highest BCUT2D eigenvalue weighted by atomic mass is 16.5. The van der Waals surface area contributed by atoms with Gasteiger partial charge < -0.3 is 49.3 Å². The number of aromatic amines is 1. The van der Waals surface area contributed by atoms with Crippen molar-refractivity contribution in [2.24, 2.45) is 0 Å². The van der Waals surface area contributed by atoms with Gasteiger partial charge in [0.1, 0.15) is 11.5 Å². The van der Waals surface area contributed by atoms with E-state index in [4.69, 9.17) is 28.8 Å². The Morgan fingerprint density at radius 3 is 2.28 bits per heavy atom. The summed E-state index contributed by atoms with van der Waals surface area (Å²) < 4.78 is 28.9. The standard InChI is InChI=1S/C45H61N7O8/c1-52-22-18-45(19-23-52,44-48-42(50-51-44)34-15-20-46-21-16-34)49-36-11-9-10-35(32-36)43(55)47-39-17-27-60-40-14-13-37(33-38(39)40)59-26-8-3-2-6-24-56-28-30-58-31-29-57-25-7-4-5-12-41(53)54/h9-11,13-16,20-21,32-33,39,49H,2-8,12,17-19,22-31H2,1H3,(H,47,55)(H,53,54)(H,48,50,51)/t39-/m1/s1. The smallest absolute Gasteiger partial charge is 0.303 e. The number of carbonyl (C=O) groups excluding carboxylic acids is 1. The third-order valence-electron chi connectivity index (χ3n) is 10.9. The summed E-state index contributed by atoms with van der Waals surface area (Å²) in [6, 6.07) is 17.1. The zero-order valence-corrected chi connectivity index (χ0v) is 34.9. The highest BCUT2D eigenvalue weighted by Gasteiger charge is 2.39. The Kier molecular flexibility index (Phi) is 17.5. The van der Waals surface area contributed by atoms with Gasteiger partial charge in [-0.3, -0.25) is 14.6 Å². The molecule has 2 aliphatic heterocycles. The Hall–Kier alpha value is -5.09. The molecule has 0 aliphatic carbocycles. The van der Waals surface area contributed by atoms with Gasteiger partial charge in [0.05, 0.1) is 51.2 Å². The van der Waals surface area contributed by atoms with Crippen molar-refractivity contribution in [2.45, 2.75) is 82.2 Å². The van der Waals surface area contributed by atoms with E-state index in [1.165, 1.54) is 0 Å². The van der Waals surface area contributed by atoms with Crippen LogP contribution in [0.15, 0.2) is 67.0 Å². The molecule has 4 aromatic rings. The number of hydrogen-bond donors (Lipinski definition) is 4. The normalized spacial score (nSPS) is 16.1. The van der Waals surface area contributed by atoms with Crippen LogP contribution in [0.25, 0.3) is 11.4 Å². The molecule has 0 radical (unpaired) electrons. The number of ether oxygens (including phenoxy) is 5. The molecule has 15 heteroatoms. The number of hydrogen-bond acceptors (Lipinski definition) is 12. The number of piperidine rings is 1. The first kappa shape index (κ1) is 44.5. The summed E-state index contributed by atoms with van der Waals surface area (Å²) >= 11 is 0. The molecule has 2 aromatic heterocycles. The number of pyridine rings is 1. The quantitative estimate of drug-likeness (QED) is 0.0487. The Balaban J connectivity index is 0.902. The number of amides is 1. The number of aromatic nitrogens is 4. The molecule has 0 spiro atoms. The maximum atomic E-state index is 13.8. The average Bonchev–Trinajstić information content (AvgIpc) is 3.77. The maximum absolute atomic E-state index is 13.8. The fourth-order valence-electron chi connectivity index (χ4n) is 7.46. The number of carbonyl (C=O) groups is 2. The predicted octanol–water partition coefficient (Wildman–Crippen LogP) is 6.79. The fourth-order valence-corrected chi connectivity index (χ4v) is 7.46. The first-order valence-electron chi connectivity index (χ1n) is 21.4. The summed E-state index contributed by atoms with van der Waals surface area (Å²) in [5, 5.41) is 24.8. The summed E-state index contributed by atoms with van der Waals surface area (Å²) in [6.07, 6.45) is 12.4. The van der Waals surface area contributed by atoms with Crippen LogP contribution in [0, 0.1) is 0 Å². The van der Waals surface area contributed by atoms with E-state index in [9.17, 15) is 9.59 Å². The number of aliphatic carboxylic acids is 1. The molecule has 324 valence electrons. The van der Waals surface area contributed by atoms with E-state index in [0.717, 1.165) is 98.6 Å². The maximum Gasteiger partial charge on any atom is 0.303 e. The van der Waals surface area contributed by atoms with Crippen molar-refractivity contribution >= 4 is 17.6 Å². The summed E-state index contributed by atoms with van der Waals surface area (Å²) in [4.78, 5) is 34.2. The zero-order valence-electron chi connectivity index (χ0n) is 34.9. The molecular weight excluding hydrogens is 767 g/mol. The Morgan fingerprint density at radius 1 is 0.850 bits per heavy atom. The molecule has 1 amide bonds. The summed E-state index contributed by atoms with van der Waals surface area (Å²) in [6.45, 7) is 6.39. The number of nitrogens with one attached hydrogen (secondary N) is 3. The third kappa shape index (κ3) is 13.7. The van der Waals surface area contributed by atoms with Gasteiger partial charge in [-0.25, -0.2) is 0 Å². The van der Waals surface area contributed by atoms with E-state index in [2.05, 4.69) is 42.7 Å². The molecule has 0 saturated carbocycles. The van der Waals surface area contributed by atoms with Gasteiger partial charge in [-0.05, 0) is 101 Å². The Bertz CT molecular complexity index is 1900. The van der Waals surface area contributed by atoms with Gasteiger partial charge in [-0.1, -0.05) is 18.9 Å². The second kappa shape index (κ2) is 23.6. The van der Waals surface area contributed by atoms with Gasteiger partial charge in [0.2, 0.25) is 0 Å². The van der Waals surface area contributed by atoms with E-state index >= 15 is 0 Å². The van der Waals surface area contributed by atoms with Crippen LogP contribution in [0.4, 0.5) is 5.69 Å². The number of unbranched alkanes of at least 4 members (excludes halogenated alkanes) is 5. The van der Waals surface area contributed by atoms with Crippen LogP contribution in [-0.2, 0) is 24.5 Å². The van der Waals surface area contributed by atoms with Crippen molar-refractivity contribution < 1.29 is 38.4 Å². The number of H-pyrrole nitrogens is 1. The van der Waals surface area contributed by atoms with Crippen molar-refractivity contribution in [2.75, 3.05) is 78.3 Å². The summed E-state index contributed by atoms with van der Waals surface area (Å²) in [5.41, 5.74) is 2.77. The van der Waals surface area contributed by atoms with Crippen LogP contribution in [0.5, 0.6) is 11.5 Å². The van der Waals surface area contributed by atoms with Crippen LogP contribution < -0.4 is 20.1 Å². The van der Waals surface area contributed by atoms with Crippen molar-refractivity contribution in [3.8, 4) is 22.9 Å². The van der Waals surface area contributed by atoms with Gasteiger partial charge in [0, 0.05) is 73.9 Å². The summed E-state index contributed by atoms with van der Waals surface area (Å²) in [5.74, 6) is 2.09. The van der Waals surface area contributed by atoms with Gasteiger partial charge in [0.15, 0.2) is 11.6 Å². The van der Waals surface area contributed by atoms with Crippen LogP contribution >= 0.6 is 0 Å². The molecule has 1 saturated heterocycles. The lowest BCUT2D eigenvalue weighted by Crippen LogP contribution is -2.46. The number of carboxylic acids is 1. The van der Waals surface area contributed by atoms with E-state index in [1.54, 1.807) is 12.4 Å². The monoisotopic (exact) mass is 827 g/mol. The van der Waals surface area contributed by atoms with E-state index in [0.29, 0.717) is 77.1 Å². The molecule has 15 nitrogen and oxygen atoms in total. The number of fused-ring (bicyclic) bond motifs is 1.